The van der Waals surface area contributed by atoms with E-state index in [9.17, 15) is 9.59 Å². The highest BCUT2D eigenvalue weighted by molar-refractivity contribution is 6.07. The Kier molecular flexibility index (Phi) is 2.79. The Bertz CT molecular complexity index is 878. The third-order valence-electron chi connectivity index (χ3n) is 3.32. The smallest absolute Gasteiger partial charge is 0.210 e. The van der Waals surface area contributed by atoms with E-state index in [0.717, 1.165) is 10.8 Å². The van der Waals surface area contributed by atoms with Gasteiger partial charge in [0.15, 0.2) is 6.29 Å². The molecule has 100 valence electrons. The lowest BCUT2D eigenvalue weighted by Gasteiger charge is -2.14. The molecule has 20 heavy (non-hydrogen) atoms. The maximum Gasteiger partial charge on any atom is 0.210 e. The van der Waals surface area contributed by atoms with E-state index in [1.807, 2.05) is 30.3 Å². The summed E-state index contributed by atoms with van der Waals surface area (Å²) in [5, 5.41) is 2.20. The molecule has 1 aromatic heterocycles. The van der Waals surface area contributed by atoms with E-state index in [0.29, 0.717) is 17.3 Å². The van der Waals surface area contributed by atoms with Crippen LogP contribution in [-0.4, -0.2) is 20.4 Å². The predicted octanol–water partition coefficient (Wildman–Crippen LogP) is 2.82. The Balaban J connectivity index is 2.57. The Morgan fingerprint density at radius 3 is 2.55 bits per heavy atom. The number of carbonyl (C=O) groups excluding carboxylic acids is 1. The van der Waals surface area contributed by atoms with Crippen molar-refractivity contribution < 1.29 is 9.21 Å². The van der Waals surface area contributed by atoms with Crippen LogP contribution >= 0.6 is 0 Å². The molecule has 0 unspecified atom stereocenters. The predicted molar refractivity (Wildman–Crippen MR) is 79.7 cm³/mol. The van der Waals surface area contributed by atoms with Gasteiger partial charge >= 0.3 is 0 Å². The lowest BCUT2D eigenvalue weighted by molar-refractivity contribution is 0.112. The van der Waals surface area contributed by atoms with E-state index in [1.54, 1.807) is 25.1 Å². The molecule has 4 heteroatoms. The molecule has 0 spiro atoms. The monoisotopic (exact) mass is 267 g/mol. The van der Waals surface area contributed by atoms with Crippen molar-refractivity contribution in [2.24, 2.45) is 0 Å². The first-order valence-electron chi connectivity index (χ1n) is 6.24. The first-order valence-corrected chi connectivity index (χ1v) is 6.24. The summed E-state index contributed by atoms with van der Waals surface area (Å²) in [4.78, 5) is 25.5. The molecule has 4 nitrogen and oxygen atoms in total. The minimum absolute atomic E-state index is 0.0545. The molecule has 0 fully saturated rings. The number of aldehydes is 1. The number of carbonyl (C=O) groups is 1. The molecule has 0 aliphatic carbocycles. The van der Waals surface area contributed by atoms with E-state index in [4.69, 9.17) is 4.42 Å². The topological polar surface area (TPSA) is 50.5 Å². The zero-order valence-corrected chi connectivity index (χ0v) is 11.2. The van der Waals surface area contributed by atoms with Crippen molar-refractivity contribution in [3.8, 4) is 0 Å². The van der Waals surface area contributed by atoms with Gasteiger partial charge in [0, 0.05) is 14.1 Å². The molecule has 3 aromatic rings. The molecule has 0 N–H and O–H groups in total. The summed E-state index contributed by atoms with van der Waals surface area (Å²) in [6.45, 7) is 0. The normalized spacial score (nSPS) is 10.9. The first-order chi connectivity index (χ1) is 9.63. The van der Waals surface area contributed by atoms with Gasteiger partial charge in [-0.1, -0.05) is 30.3 Å². The van der Waals surface area contributed by atoms with Crippen molar-refractivity contribution in [1.29, 1.82) is 0 Å². The number of hydrogen-bond donors (Lipinski definition) is 0. The van der Waals surface area contributed by atoms with Crippen molar-refractivity contribution in [1.82, 2.24) is 0 Å². The van der Waals surface area contributed by atoms with Gasteiger partial charge in [0.1, 0.15) is 11.1 Å². The van der Waals surface area contributed by atoms with E-state index >= 15 is 0 Å². The van der Waals surface area contributed by atoms with Crippen LogP contribution in [0.1, 0.15) is 10.4 Å². The lowest BCUT2D eigenvalue weighted by atomic mass is 10.0. The highest BCUT2D eigenvalue weighted by Crippen LogP contribution is 2.27. The van der Waals surface area contributed by atoms with Gasteiger partial charge in [0.25, 0.3) is 0 Å². The maximum atomic E-state index is 12.6. The zero-order valence-electron chi connectivity index (χ0n) is 11.2. The zero-order chi connectivity index (χ0) is 14.3. The molecular formula is C16H13NO3. The first kappa shape index (κ1) is 12.4. The average Bonchev–Trinajstić information content (AvgIpc) is 2.46. The third-order valence-corrected chi connectivity index (χ3v) is 3.32. The average molecular weight is 267 g/mol. The van der Waals surface area contributed by atoms with Crippen LogP contribution in [-0.2, 0) is 0 Å². The van der Waals surface area contributed by atoms with Crippen LogP contribution in [0.15, 0.2) is 45.6 Å². The van der Waals surface area contributed by atoms with E-state index < -0.39 is 0 Å². The summed E-state index contributed by atoms with van der Waals surface area (Å²) in [5.74, 6) is 0.285. The van der Waals surface area contributed by atoms with Crippen LogP contribution < -0.4 is 10.3 Å². The second-order valence-corrected chi connectivity index (χ2v) is 4.82. The van der Waals surface area contributed by atoms with Gasteiger partial charge in [-0.25, -0.2) is 0 Å². The fraction of sp³-hybridized carbons (Fsp3) is 0.125. The summed E-state index contributed by atoms with van der Waals surface area (Å²) < 4.78 is 5.73. The molecule has 0 radical (unpaired) electrons. The van der Waals surface area contributed by atoms with E-state index in [-0.39, 0.29) is 16.9 Å². The van der Waals surface area contributed by atoms with Crippen molar-refractivity contribution in [2.75, 3.05) is 19.0 Å². The van der Waals surface area contributed by atoms with Gasteiger partial charge in [-0.2, -0.15) is 0 Å². The van der Waals surface area contributed by atoms with Gasteiger partial charge in [-0.05, 0) is 16.8 Å². The molecule has 2 aromatic carbocycles. The Labute approximate surface area is 115 Å². The van der Waals surface area contributed by atoms with Gasteiger partial charge in [-0.3, -0.25) is 9.59 Å². The summed E-state index contributed by atoms with van der Waals surface area (Å²) in [5.41, 5.74) is 0.253. The summed E-state index contributed by atoms with van der Waals surface area (Å²) in [6.07, 6.45) is 0.558. The molecule has 3 rings (SSSR count). The van der Waals surface area contributed by atoms with E-state index in [1.165, 1.54) is 0 Å². The molecule has 0 aliphatic rings. The number of anilines is 1. The minimum atomic E-state index is -0.290. The number of fused-ring (bicyclic) bond motifs is 3. The van der Waals surface area contributed by atoms with Crippen LogP contribution in [0.25, 0.3) is 21.7 Å². The van der Waals surface area contributed by atoms with Crippen LogP contribution in [0.3, 0.4) is 0 Å². The van der Waals surface area contributed by atoms with Crippen LogP contribution in [0.5, 0.6) is 0 Å². The number of nitrogens with zero attached hydrogens (tertiary/aromatic N) is 1. The molecule has 0 atom stereocenters. The summed E-state index contributed by atoms with van der Waals surface area (Å²) in [6, 6.07) is 11.2. The van der Waals surface area contributed by atoms with Crippen LogP contribution in [0, 0.1) is 0 Å². The van der Waals surface area contributed by atoms with Crippen LogP contribution in [0.4, 0.5) is 5.88 Å². The quantitative estimate of drug-likeness (QED) is 0.529. The molecule has 0 bridgehead atoms. The second-order valence-electron chi connectivity index (χ2n) is 4.82. The van der Waals surface area contributed by atoms with Gasteiger partial charge in [0.05, 0.1) is 5.39 Å². The van der Waals surface area contributed by atoms with Crippen molar-refractivity contribution >= 4 is 33.9 Å². The fourth-order valence-corrected chi connectivity index (χ4v) is 2.40. The Morgan fingerprint density at radius 2 is 1.85 bits per heavy atom. The highest BCUT2D eigenvalue weighted by Gasteiger charge is 2.16. The number of benzene rings is 2. The molecule has 0 aliphatic heterocycles. The Morgan fingerprint density at radius 1 is 1.10 bits per heavy atom. The number of hydrogen-bond acceptors (Lipinski definition) is 4. The van der Waals surface area contributed by atoms with Crippen molar-refractivity contribution in [3.05, 3.63) is 52.2 Å². The SMILES string of the molecule is CN(C)c1oc2ccc3ccccc3c2c(=O)c1C=O. The standard InChI is InChI=1S/C16H13NO3/c1-17(2)16-12(9-18)15(19)14-11-6-4-3-5-10(11)7-8-13(14)20-16/h3-9H,1-2H3. The minimum Gasteiger partial charge on any atom is -0.439 e. The highest BCUT2D eigenvalue weighted by atomic mass is 16.4. The van der Waals surface area contributed by atoms with Gasteiger partial charge in [0.2, 0.25) is 11.3 Å². The molecule has 0 saturated carbocycles. The molecular weight excluding hydrogens is 254 g/mol. The molecule has 0 saturated heterocycles. The lowest BCUT2D eigenvalue weighted by Crippen LogP contribution is -2.18. The maximum absolute atomic E-state index is 12.6. The summed E-state index contributed by atoms with van der Waals surface area (Å²) >= 11 is 0. The molecule has 0 amide bonds. The van der Waals surface area contributed by atoms with Gasteiger partial charge < -0.3 is 9.32 Å². The largest absolute Gasteiger partial charge is 0.439 e. The number of rotatable bonds is 2. The van der Waals surface area contributed by atoms with Crippen molar-refractivity contribution in [3.63, 3.8) is 0 Å². The third kappa shape index (κ3) is 1.69. The fourth-order valence-electron chi connectivity index (χ4n) is 2.40. The second kappa shape index (κ2) is 4.49. The van der Waals surface area contributed by atoms with Crippen molar-refractivity contribution in [2.45, 2.75) is 0 Å². The Hall–Kier alpha value is -2.62. The summed E-state index contributed by atoms with van der Waals surface area (Å²) in [7, 11) is 3.47. The van der Waals surface area contributed by atoms with Crippen LogP contribution in [0.2, 0.25) is 0 Å². The molecule has 1 heterocycles. The van der Waals surface area contributed by atoms with Gasteiger partial charge in [-0.15, -0.1) is 0 Å². The van der Waals surface area contributed by atoms with E-state index in [2.05, 4.69) is 0 Å².